The van der Waals surface area contributed by atoms with Crippen LogP contribution < -0.4 is 0 Å². The van der Waals surface area contributed by atoms with Crippen LogP contribution in [0.4, 0.5) is 0 Å². The highest BCUT2D eigenvalue weighted by Crippen LogP contribution is 2.16. The van der Waals surface area contributed by atoms with E-state index in [9.17, 15) is 4.79 Å². The molecule has 10 heavy (non-hydrogen) atoms. The summed E-state index contributed by atoms with van der Waals surface area (Å²) in [5, 5.41) is 8.63. The van der Waals surface area contributed by atoms with E-state index in [2.05, 4.69) is 0 Å². The Morgan fingerprint density at radius 3 is 2.80 bits per heavy atom. The summed E-state index contributed by atoms with van der Waals surface area (Å²) < 4.78 is 0. The van der Waals surface area contributed by atoms with Crippen molar-refractivity contribution in [2.75, 3.05) is 0 Å². The van der Waals surface area contributed by atoms with E-state index < -0.39 is 0 Å². The molecule has 0 unspecified atom stereocenters. The zero-order chi connectivity index (χ0) is 7.56. The SMILES string of the molecule is CC(=O)c1ccc(CO)s1.[HH]. The second-order valence-electron chi connectivity index (χ2n) is 1.98. The van der Waals surface area contributed by atoms with Crippen LogP contribution >= 0.6 is 11.3 Å². The smallest absolute Gasteiger partial charge is 0.169 e. The van der Waals surface area contributed by atoms with Gasteiger partial charge in [-0.05, 0) is 19.1 Å². The summed E-state index contributed by atoms with van der Waals surface area (Å²) in [4.78, 5) is 12.3. The molecule has 56 valence electrons. The summed E-state index contributed by atoms with van der Waals surface area (Å²) in [6.07, 6.45) is 0. The maximum atomic E-state index is 10.7. The highest BCUT2D eigenvalue weighted by molar-refractivity contribution is 7.14. The second kappa shape index (κ2) is 2.94. The first kappa shape index (κ1) is 7.44. The first-order valence-electron chi connectivity index (χ1n) is 2.94. The Bertz CT molecular complexity index is 244. The van der Waals surface area contributed by atoms with E-state index in [4.69, 9.17) is 5.11 Å². The molecule has 0 amide bonds. The Labute approximate surface area is 64.6 Å². The van der Waals surface area contributed by atoms with Crippen LogP contribution in [0.5, 0.6) is 0 Å². The summed E-state index contributed by atoms with van der Waals surface area (Å²) in [5.74, 6) is 0.0599. The first-order chi connectivity index (χ1) is 4.74. The third-order valence-corrected chi connectivity index (χ3v) is 2.34. The number of hydrogen-bond acceptors (Lipinski definition) is 3. The number of carbonyl (C=O) groups excluding carboxylic acids is 1. The van der Waals surface area contributed by atoms with Gasteiger partial charge in [-0.15, -0.1) is 11.3 Å². The standard InChI is InChI=1S/C7H8O2S.H2/c1-5(9)7-3-2-6(4-8)10-7;/h2-3,8H,4H2,1H3;1H. The van der Waals surface area contributed by atoms with Crippen LogP contribution in [-0.4, -0.2) is 10.9 Å². The van der Waals surface area contributed by atoms with E-state index in [1.54, 1.807) is 12.1 Å². The summed E-state index contributed by atoms with van der Waals surface area (Å²) in [7, 11) is 0. The molecule has 0 spiro atoms. The number of hydrogen-bond donors (Lipinski definition) is 1. The molecule has 1 heterocycles. The van der Waals surface area contributed by atoms with Crippen molar-refractivity contribution in [3.05, 3.63) is 21.9 Å². The maximum Gasteiger partial charge on any atom is 0.169 e. The second-order valence-corrected chi connectivity index (χ2v) is 3.15. The molecule has 2 nitrogen and oxygen atoms in total. The van der Waals surface area contributed by atoms with Crippen LogP contribution in [0.3, 0.4) is 0 Å². The van der Waals surface area contributed by atoms with Crippen molar-refractivity contribution in [1.29, 1.82) is 0 Å². The van der Waals surface area contributed by atoms with Crippen molar-refractivity contribution in [3.8, 4) is 0 Å². The molecule has 1 aromatic heterocycles. The van der Waals surface area contributed by atoms with E-state index in [0.717, 1.165) is 4.88 Å². The number of carbonyl (C=O) groups is 1. The number of aliphatic hydroxyl groups excluding tert-OH is 1. The lowest BCUT2D eigenvalue weighted by molar-refractivity contribution is 0.102. The minimum Gasteiger partial charge on any atom is -0.391 e. The van der Waals surface area contributed by atoms with E-state index in [1.807, 2.05) is 0 Å². The van der Waals surface area contributed by atoms with Crippen molar-refractivity contribution >= 4 is 17.1 Å². The predicted molar refractivity (Wildman–Crippen MR) is 42.4 cm³/mol. The van der Waals surface area contributed by atoms with Crippen LogP contribution in [0.1, 0.15) is 22.9 Å². The predicted octanol–water partition coefficient (Wildman–Crippen LogP) is 1.69. The van der Waals surface area contributed by atoms with Gasteiger partial charge in [-0.3, -0.25) is 4.79 Å². The van der Waals surface area contributed by atoms with Crippen LogP contribution in [0.15, 0.2) is 12.1 Å². The molecular weight excluding hydrogens is 148 g/mol. The van der Waals surface area contributed by atoms with E-state index in [0.29, 0.717) is 4.88 Å². The van der Waals surface area contributed by atoms with Crippen molar-refractivity contribution in [1.82, 2.24) is 0 Å². The summed E-state index contributed by atoms with van der Waals surface area (Å²) in [5.41, 5.74) is 0. The summed E-state index contributed by atoms with van der Waals surface area (Å²) >= 11 is 1.34. The number of Topliss-reactive ketones (excluding diaryl/α,β-unsaturated/α-hetero) is 1. The zero-order valence-corrected chi connectivity index (χ0v) is 6.44. The number of rotatable bonds is 2. The average Bonchev–Trinajstić information content (AvgIpc) is 2.34. The Morgan fingerprint density at radius 1 is 1.80 bits per heavy atom. The van der Waals surface area contributed by atoms with Crippen molar-refractivity contribution < 1.29 is 11.3 Å². The Hall–Kier alpha value is -0.670. The van der Waals surface area contributed by atoms with Gasteiger partial charge < -0.3 is 5.11 Å². The van der Waals surface area contributed by atoms with Crippen LogP contribution in [0.2, 0.25) is 0 Å². The number of aliphatic hydroxyl groups is 1. The van der Waals surface area contributed by atoms with Gasteiger partial charge in [0.05, 0.1) is 11.5 Å². The molecular formula is C7H10O2S. The molecule has 0 aliphatic rings. The average molecular weight is 158 g/mol. The summed E-state index contributed by atoms with van der Waals surface area (Å²) in [6.45, 7) is 1.55. The fourth-order valence-corrected chi connectivity index (χ4v) is 1.42. The number of ketones is 1. The molecule has 1 rings (SSSR count). The highest BCUT2D eigenvalue weighted by atomic mass is 32.1. The van der Waals surface area contributed by atoms with Crippen LogP contribution in [0.25, 0.3) is 0 Å². The summed E-state index contributed by atoms with van der Waals surface area (Å²) in [6, 6.07) is 3.50. The normalized spacial score (nSPS) is 9.80. The van der Waals surface area contributed by atoms with Gasteiger partial charge >= 0.3 is 0 Å². The molecule has 0 saturated carbocycles. The third kappa shape index (κ3) is 1.43. The van der Waals surface area contributed by atoms with Crippen molar-refractivity contribution in [2.24, 2.45) is 0 Å². The fourth-order valence-electron chi connectivity index (χ4n) is 0.652. The van der Waals surface area contributed by atoms with Crippen LogP contribution in [0, 0.1) is 0 Å². The van der Waals surface area contributed by atoms with Gasteiger partial charge in [0.1, 0.15) is 0 Å². The monoisotopic (exact) mass is 158 g/mol. The van der Waals surface area contributed by atoms with Gasteiger partial charge in [0.2, 0.25) is 0 Å². The topological polar surface area (TPSA) is 37.3 Å². The molecule has 0 aromatic carbocycles. The van der Waals surface area contributed by atoms with Gasteiger partial charge in [0.15, 0.2) is 5.78 Å². The maximum absolute atomic E-state index is 10.7. The lowest BCUT2D eigenvalue weighted by Crippen LogP contribution is -1.83. The zero-order valence-electron chi connectivity index (χ0n) is 5.63. The minimum atomic E-state index is 0. The van der Waals surface area contributed by atoms with E-state index >= 15 is 0 Å². The Kier molecular flexibility index (Phi) is 2.19. The third-order valence-electron chi connectivity index (χ3n) is 1.16. The molecule has 3 heteroatoms. The lowest BCUT2D eigenvalue weighted by Gasteiger charge is -1.84. The molecule has 0 bridgehead atoms. The molecule has 1 N–H and O–H groups in total. The molecule has 0 fully saturated rings. The minimum absolute atomic E-state index is 0. The van der Waals surface area contributed by atoms with E-state index in [1.165, 1.54) is 18.3 Å². The Morgan fingerprint density at radius 2 is 2.50 bits per heavy atom. The molecule has 0 aliphatic heterocycles. The van der Waals surface area contributed by atoms with Gasteiger partial charge in [0.25, 0.3) is 0 Å². The van der Waals surface area contributed by atoms with Gasteiger partial charge in [-0.2, -0.15) is 0 Å². The molecule has 0 aliphatic carbocycles. The van der Waals surface area contributed by atoms with Crippen molar-refractivity contribution in [3.63, 3.8) is 0 Å². The largest absolute Gasteiger partial charge is 0.391 e. The lowest BCUT2D eigenvalue weighted by atomic mass is 10.3. The first-order valence-corrected chi connectivity index (χ1v) is 3.76. The van der Waals surface area contributed by atoms with Crippen molar-refractivity contribution in [2.45, 2.75) is 13.5 Å². The van der Waals surface area contributed by atoms with Gasteiger partial charge in [0, 0.05) is 6.30 Å². The number of thiophene rings is 1. The van der Waals surface area contributed by atoms with E-state index in [-0.39, 0.29) is 13.8 Å². The molecule has 1 aromatic rings. The molecule has 0 radical (unpaired) electrons. The highest BCUT2D eigenvalue weighted by Gasteiger charge is 2.01. The quantitative estimate of drug-likeness (QED) is 0.665. The van der Waals surface area contributed by atoms with Gasteiger partial charge in [-0.25, -0.2) is 0 Å². The van der Waals surface area contributed by atoms with Crippen LogP contribution in [-0.2, 0) is 6.61 Å². The molecule has 0 saturated heterocycles. The Balaban J connectivity index is 0.000001000. The fraction of sp³-hybridized carbons (Fsp3) is 0.286. The van der Waals surface area contributed by atoms with Gasteiger partial charge in [-0.1, -0.05) is 0 Å². The molecule has 0 atom stereocenters.